The summed E-state index contributed by atoms with van der Waals surface area (Å²) in [5.74, 6) is 0.00144. The van der Waals surface area contributed by atoms with Crippen LogP contribution < -0.4 is 20.3 Å². The molecule has 0 bridgehead atoms. The van der Waals surface area contributed by atoms with Gasteiger partial charge in [0, 0.05) is 86.4 Å². The van der Waals surface area contributed by atoms with Gasteiger partial charge in [-0.15, -0.1) is 0 Å². The molecule has 4 aliphatic heterocycles. The van der Waals surface area contributed by atoms with Crippen molar-refractivity contribution in [3.8, 4) is 0 Å². The number of benzene rings is 2. The van der Waals surface area contributed by atoms with Crippen LogP contribution in [0.2, 0.25) is 0 Å². The fraction of sp³-hybridized carbons (Fsp3) is 0.455. The highest BCUT2D eigenvalue weighted by atomic mass is 32.2. The summed E-state index contributed by atoms with van der Waals surface area (Å²) in [7, 11) is 0. The lowest BCUT2D eigenvalue weighted by molar-refractivity contribution is -0.00468. The number of carbonyl (C=O) groups is 2. The Hall–Kier alpha value is -3.71. The van der Waals surface area contributed by atoms with Gasteiger partial charge < -0.3 is 40.1 Å². The lowest BCUT2D eigenvalue weighted by atomic mass is 10.0. The standard InChI is InChI=1S/C33H43N7O4S/c1-24-21-38(16-19-44-24)29-20-30(37-14-17-43-18-15-37)45-40(22-29)28-10-8-27(9-11-28)36-32(42)35-26-6-4-25(5-7-26)31(41)39-13-12-34-33(2,3)23-39/h4-11,20,22,24,34H,12-19,21,23H2,1-3H3,(H2,35,36,42). The molecule has 240 valence electrons. The van der Waals surface area contributed by atoms with Gasteiger partial charge in [-0.2, -0.15) is 0 Å². The average molecular weight is 634 g/mol. The fourth-order valence-electron chi connectivity index (χ4n) is 5.90. The molecule has 4 aliphatic rings. The van der Waals surface area contributed by atoms with Gasteiger partial charge in [0.1, 0.15) is 0 Å². The number of allylic oxidation sites excluding steroid dienone is 1. The van der Waals surface area contributed by atoms with E-state index in [0.717, 1.165) is 57.3 Å². The molecule has 1 unspecified atom stereocenters. The minimum atomic E-state index is -0.348. The first kappa shape index (κ1) is 31.3. The van der Waals surface area contributed by atoms with Gasteiger partial charge in [-0.3, -0.25) is 9.10 Å². The number of hydrogen-bond donors (Lipinski definition) is 3. The summed E-state index contributed by atoms with van der Waals surface area (Å²) in [6.07, 6.45) is 4.64. The summed E-state index contributed by atoms with van der Waals surface area (Å²) in [6.45, 7) is 14.0. The van der Waals surface area contributed by atoms with Gasteiger partial charge in [-0.1, -0.05) is 0 Å². The Bertz CT molecular complexity index is 1420. The highest BCUT2D eigenvalue weighted by Crippen LogP contribution is 2.37. The minimum Gasteiger partial charge on any atom is -0.378 e. The lowest BCUT2D eigenvalue weighted by Crippen LogP contribution is -2.58. The Morgan fingerprint density at radius 1 is 0.911 bits per heavy atom. The quantitative estimate of drug-likeness (QED) is 0.401. The van der Waals surface area contributed by atoms with E-state index < -0.39 is 0 Å². The third-order valence-electron chi connectivity index (χ3n) is 8.27. The molecule has 2 aromatic carbocycles. The second-order valence-corrected chi connectivity index (χ2v) is 13.4. The van der Waals surface area contributed by atoms with Crippen LogP contribution in [-0.2, 0) is 9.47 Å². The maximum atomic E-state index is 13.0. The van der Waals surface area contributed by atoms with E-state index in [0.29, 0.717) is 36.6 Å². The molecule has 0 aliphatic carbocycles. The largest absolute Gasteiger partial charge is 0.378 e. The monoisotopic (exact) mass is 633 g/mol. The van der Waals surface area contributed by atoms with Crippen molar-refractivity contribution in [1.29, 1.82) is 0 Å². The number of ether oxygens (including phenoxy) is 2. The van der Waals surface area contributed by atoms with Crippen LogP contribution in [0.3, 0.4) is 0 Å². The van der Waals surface area contributed by atoms with Crippen LogP contribution in [0.5, 0.6) is 0 Å². The summed E-state index contributed by atoms with van der Waals surface area (Å²) in [6, 6.07) is 14.5. The number of anilines is 3. The Balaban J connectivity index is 1.07. The maximum Gasteiger partial charge on any atom is 0.323 e. The number of hydrogen-bond acceptors (Lipinski definition) is 9. The van der Waals surface area contributed by atoms with Gasteiger partial charge in [0.25, 0.3) is 5.91 Å². The maximum absolute atomic E-state index is 13.0. The van der Waals surface area contributed by atoms with Gasteiger partial charge in [-0.05, 0) is 75.4 Å². The zero-order chi connectivity index (χ0) is 31.4. The van der Waals surface area contributed by atoms with E-state index in [1.165, 1.54) is 5.03 Å². The molecule has 6 rings (SSSR count). The molecule has 4 heterocycles. The van der Waals surface area contributed by atoms with E-state index in [4.69, 9.17) is 9.47 Å². The third kappa shape index (κ3) is 7.93. The predicted octanol–water partition coefficient (Wildman–Crippen LogP) is 4.36. The van der Waals surface area contributed by atoms with Crippen LogP contribution in [0.4, 0.5) is 21.9 Å². The van der Waals surface area contributed by atoms with Gasteiger partial charge in [-0.25, -0.2) is 4.79 Å². The van der Waals surface area contributed by atoms with E-state index in [1.807, 2.05) is 29.2 Å². The Morgan fingerprint density at radius 3 is 2.24 bits per heavy atom. The van der Waals surface area contributed by atoms with Crippen LogP contribution in [-0.4, -0.2) is 104 Å². The zero-order valence-corrected chi connectivity index (χ0v) is 27.1. The van der Waals surface area contributed by atoms with Crippen molar-refractivity contribution in [3.05, 3.63) is 77.1 Å². The predicted molar refractivity (Wildman–Crippen MR) is 179 cm³/mol. The topological polar surface area (TPSA) is 102 Å². The van der Waals surface area contributed by atoms with Crippen molar-refractivity contribution in [3.63, 3.8) is 0 Å². The summed E-state index contributed by atoms with van der Waals surface area (Å²) in [4.78, 5) is 32.4. The lowest BCUT2D eigenvalue weighted by Gasteiger charge is -2.39. The molecule has 0 aromatic heterocycles. The van der Waals surface area contributed by atoms with Crippen LogP contribution in [0.25, 0.3) is 0 Å². The number of carbonyl (C=O) groups excluding carboxylic acids is 2. The van der Waals surface area contributed by atoms with Crippen molar-refractivity contribution in [1.82, 2.24) is 20.0 Å². The molecule has 12 heteroatoms. The second-order valence-electron chi connectivity index (χ2n) is 12.4. The van der Waals surface area contributed by atoms with E-state index >= 15 is 0 Å². The fourth-order valence-corrected chi connectivity index (χ4v) is 6.96. The van der Waals surface area contributed by atoms with Crippen molar-refractivity contribution in [2.24, 2.45) is 0 Å². The minimum absolute atomic E-state index is 0.00144. The molecule has 0 spiro atoms. The molecule has 0 saturated carbocycles. The molecule has 2 aromatic rings. The molecule has 45 heavy (non-hydrogen) atoms. The zero-order valence-electron chi connectivity index (χ0n) is 26.3. The van der Waals surface area contributed by atoms with Crippen LogP contribution in [0.1, 0.15) is 31.1 Å². The second kappa shape index (κ2) is 13.7. The molecular weight excluding hydrogens is 590 g/mol. The Morgan fingerprint density at radius 2 is 1.58 bits per heavy atom. The smallest absolute Gasteiger partial charge is 0.323 e. The number of nitrogens with one attached hydrogen (secondary N) is 3. The molecule has 3 N–H and O–H groups in total. The van der Waals surface area contributed by atoms with E-state index in [2.05, 4.69) is 63.1 Å². The molecule has 1 atom stereocenters. The SMILES string of the molecule is CC1CN(C2=CN(c3ccc(NC(=O)Nc4ccc(C(=O)N5CCNC(C)(C)C5)cc4)cc3)SC(N3CCOCC3)=C2)CCO1. The number of morpholine rings is 2. The molecule has 11 nitrogen and oxygen atoms in total. The number of piperazine rings is 1. The van der Waals surface area contributed by atoms with Gasteiger partial charge >= 0.3 is 6.03 Å². The van der Waals surface area contributed by atoms with Crippen molar-refractivity contribution in [2.75, 3.05) is 80.6 Å². The number of urea groups is 1. The Labute approximate surface area is 269 Å². The van der Waals surface area contributed by atoms with E-state index in [9.17, 15) is 9.59 Å². The highest BCUT2D eigenvalue weighted by Gasteiger charge is 2.29. The summed E-state index contributed by atoms with van der Waals surface area (Å²) >= 11 is 1.69. The van der Waals surface area contributed by atoms with Gasteiger partial charge in [0.2, 0.25) is 0 Å². The first-order valence-corrected chi connectivity index (χ1v) is 16.4. The van der Waals surface area contributed by atoms with Crippen LogP contribution in [0, 0.1) is 0 Å². The molecule has 0 radical (unpaired) electrons. The van der Waals surface area contributed by atoms with E-state index in [-0.39, 0.29) is 23.6 Å². The highest BCUT2D eigenvalue weighted by molar-refractivity contribution is 8.04. The third-order valence-corrected chi connectivity index (χ3v) is 9.35. The average Bonchev–Trinajstić information content (AvgIpc) is 3.05. The van der Waals surface area contributed by atoms with Crippen molar-refractivity contribution in [2.45, 2.75) is 32.4 Å². The van der Waals surface area contributed by atoms with Crippen molar-refractivity contribution >= 4 is 40.9 Å². The summed E-state index contributed by atoms with van der Waals surface area (Å²) in [5, 5.41) is 10.4. The number of rotatable bonds is 6. The number of amides is 3. The normalized spacial score (nSPS) is 22.0. The van der Waals surface area contributed by atoms with Crippen LogP contribution >= 0.6 is 11.9 Å². The molecule has 3 amide bonds. The van der Waals surface area contributed by atoms with Crippen LogP contribution in [0.15, 0.2) is 71.5 Å². The first-order valence-electron chi connectivity index (χ1n) is 15.6. The first-order chi connectivity index (χ1) is 21.7. The molecular formula is C33H43N7O4S. The van der Waals surface area contributed by atoms with E-state index in [1.54, 1.807) is 36.2 Å². The summed E-state index contributed by atoms with van der Waals surface area (Å²) in [5.41, 5.74) is 3.97. The molecule has 3 saturated heterocycles. The van der Waals surface area contributed by atoms with Crippen molar-refractivity contribution < 1.29 is 19.1 Å². The Kier molecular flexibility index (Phi) is 9.55. The molecule has 3 fully saturated rings. The number of nitrogens with zero attached hydrogens (tertiary/aromatic N) is 4. The van der Waals surface area contributed by atoms with Gasteiger partial charge in [0.15, 0.2) is 0 Å². The summed E-state index contributed by atoms with van der Waals surface area (Å²) < 4.78 is 13.6. The van der Waals surface area contributed by atoms with Gasteiger partial charge in [0.05, 0.1) is 42.3 Å².